The Morgan fingerprint density at radius 2 is 1.51 bits per heavy atom. The van der Waals surface area contributed by atoms with Crippen LogP contribution in [0.15, 0.2) is 30.3 Å². The van der Waals surface area contributed by atoms with Crippen molar-refractivity contribution >= 4 is 23.9 Å². The molecule has 12 heteroatoms. The molecule has 6 N–H and O–H groups in total. The van der Waals surface area contributed by atoms with Crippen LogP contribution in [0.4, 0.5) is 9.59 Å². The summed E-state index contributed by atoms with van der Waals surface area (Å²) in [6.07, 6.45) is 8.01. The normalized spacial score (nSPS) is 18.5. The third-order valence-corrected chi connectivity index (χ3v) is 9.69. The van der Waals surface area contributed by atoms with Gasteiger partial charge in [0, 0.05) is 32.0 Å². The first-order valence-corrected chi connectivity index (χ1v) is 19.1. The molecule has 0 bridgehead atoms. The third kappa shape index (κ3) is 15.8. The molecule has 0 spiro atoms. The fourth-order valence-corrected chi connectivity index (χ4v) is 6.98. The quantitative estimate of drug-likeness (QED) is 0.141. The van der Waals surface area contributed by atoms with Gasteiger partial charge in [0.05, 0.1) is 17.7 Å². The molecule has 3 rings (SSSR count). The highest BCUT2D eigenvalue weighted by molar-refractivity contribution is 5.92. The number of ether oxygens (including phenoxy) is 1. The predicted molar refractivity (Wildman–Crippen MR) is 198 cm³/mol. The Morgan fingerprint density at radius 1 is 0.882 bits per heavy atom. The van der Waals surface area contributed by atoms with Crippen LogP contribution in [0, 0.1) is 5.92 Å². The number of alkyl carbamates (subject to hydrolysis) is 1. The number of aliphatic hydroxyl groups is 2. The Kier molecular flexibility index (Phi) is 16.5. The first-order valence-electron chi connectivity index (χ1n) is 19.1. The summed E-state index contributed by atoms with van der Waals surface area (Å²) in [5, 5.41) is 33.5. The second-order valence-corrected chi connectivity index (χ2v) is 16.2. The van der Waals surface area contributed by atoms with Crippen LogP contribution in [0.25, 0.3) is 0 Å². The highest BCUT2D eigenvalue weighted by Gasteiger charge is 2.34. The number of carbonyl (C=O) groups is 4. The number of amides is 5. The van der Waals surface area contributed by atoms with Crippen LogP contribution in [0.2, 0.25) is 0 Å². The van der Waals surface area contributed by atoms with E-state index in [1.54, 1.807) is 39.5 Å². The van der Waals surface area contributed by atoms with Crippen molar-refractivity contribution in [3.05, 3.63) is 35.9 Å². The van der Waals surface area contributed by atoms with Crippen LogP contribution in [0.1, 0.15) is 124 Å². The van der Waals surface area contributed by atoms with E-state index >= 15 is 0 Å². The van der Waals surface area contributed by atoms with Gasteiger partial charge in [-0.25, -0.2) is 9.59 Å². The van der Waals surface area contributed by atoms with Gasteiger partial charge in [-0.2, -0.15) is 0 Å². The highest BCUT2D eigenvalue weighted by Crippen LogP contribution is 2.29. The Bertz CT molecular complexity index is 1230. The fraction of sp³-hybridized carbons (Fsp3) is 0.744. The van der Waals surface area contributed by atoms with Gasteiger partial charge in [0.2, 0.25) is 11.8 Å². The number of urea groups is 1. The summed E-state index contributed by atoms with van der Waals surface area (Å²) < 4.78 is 5.37. The van der Waals surface area contributed by atoms with Crippen LogP contribution in [-0.4, -0.2) is 93.6 Å². The molecular weight excluding hydrogens is 650 g/mol. The number of rotatable bonds is 16. The molecule has 1 heterocycles. The van der Waals surface area contributed by atoms with E-state index in [9.17, 15) is 29.4 Å². The molecule has 4 atom stereocenters. The zero-order valence-electron chi connectivity index (χ0n) is 31.8. The van der Waals surface area contributed by atoms with Gasteiger partial charge >= 0.3 is 12.1 Å². The van der Waals surface area contributed by atoms with Crippen LogP contribution >= 0.6 is 0 Å². The number of piperidine rings is 1. The van der Waals surface area contributed by atoms with Gasteiger partial charge in [-0.1, -0.05) is 82.2 Å². The topological polar surface area (TPSA) is 169 Å². The third-order valence-electron chi connectivity index (χ3n) is 9.69. The maximum absolute atomic E-state index is 14.0. The second-order valence-electron chi connectivity index (χ2n) is 16.2. The van der Waals surface area contributed by atoms with E-state index in [-0.39, 0.29) is 24.8 Å². The number of nitrogens with one attached hydrogen (secondary N) is 4. The molecule has 51 heavy (non-hydrogen) atoms. The SMILES string of the molecule is CCCC[C@H](NC(=O)[C@H](Cc1ccccc1)NC(=O)N1CCC(NC(=O)OC(C)(C)C)CC1)C(=O)N[C@@H](CC1CCCCC1)[C@@H](O)CC(C)(C)O. The second kappa shape index (κ2) is 20.0. The van der Waals surface area contributed by atoms with Gasteiger partial charge in [-0.05, 0) is 71.8 Å². The molecule has 288 valence electrons. The lowest BCUT2D eigenvalue weighted by molar-refractivity contribution is -0.131. The Balaban J connectivity index is 1.71. The minimum atomic E-state index is -1.11. The van der Waals surface area contributed by atoms with Gasteiger partial charge in [-0.3, -0.25) is 9.59 Å². The zero-order valence-corrected chi connectivity index (χ0v) is 31.8. The van der Waals surface area contributed by atoms with E-state index in [2.05, 4.69) is 21.3 Å². The van der Waals surface area contributed by atoms with Crippen molar-refractivity contribution < 1.29 is 34.1 Å². The highest BCUT2D eigenvalue weighted by atomic mass is 16.6. The Labute approximate surface area is 305 Å². The van der Waals surface area contributed by atoms with Crippen LogP contribution in [0.5, 0.6) is 0 Å². The number of aliphatic hydroxyl groups excluding tert-OH is 1. The number of benzene rings is 1. The Morgan fingerprint density at radius 3 is 2.10 bits per heavy atom. The van der Waals surface area contributed by atoms with E-state index in [0.29, 0.717) is 51.1 Å². The number of nitrogens with zero attached hydrogens (tertiary/aromatic N) is 1. The maximum Gasteiger partial charge on any atom is 0.407 e. The van der Waals surface area contributed by atoms with E-state index in [0.717, 1.165) is 37.7 Å². The smallest absolute Gasteiger partial charge is 0.407 e. The average molecular weight is 716 g/mol. The van der Waals surface area contributed by atoms with Crippen molar-refractivity contribution in [2.45, 2.75) is 166 Å². The number of unbranched alkanes of at least 4 members (excludes halogenated alkanes) is 1. The van der Waals surface area contributed by atoms with Crippen molar-refractivity contribution in [3.8, 4) is 0 Å². The molecule has 2 aliphatic rings. The summed E-state index contributed by atoms with van der Waals surface area (Å²) in [5.41, 5.74) is -0.864. The molecule has 1 saturated carbocycles. The summed E-state index contributed by atoms with van der Waals surface area (Å²) in [4.78, 5) is 55.3. The van der Waals surface area contributed by atoms with Gasteiger partial charge in [0.25, 0.3) is 0 Å². The molecule has 1 saturated heterocycles. The van der Waals surface area contributed by atoms with E-state index in [4.69, 9.17) is 4.74 Å². The van der Waals surface area contributed by atoms with Crippen LogP contribution in [-0.2, 0) is 20.7 Å². The molecule has 5 amide bonds. The number of carbonyl (C=O) groups excluding carboxylic acids is 4. The monoisotopic (exact) mass is 715 g/mol. The largest absolute Gasteiger partial charge is 0.444 e. The first-order chi connectivity index (χ1) is 24.0. The summed E-state index contributed by atoms with van der Waals surface area (Å²) in [7, 11) is 0. The molecule has 0 unspecified atom stereocenters. The standard InChI is InChI=1S/C39H65N5O7/c1-7-8-19-30(34(46)42-31(33(45)26-39(5,6)50)24-27-15-11-9-12-16-27)41-35(47)32(25-28-17-13-10-14-18-28)43-36(48)44-22-20-29(21-23-44)40-37(49)51-38(2,3)4/h10,13-14,17-18,27,29-33,45,50H,7-9,11-12,15-16,19-26H2,1-6H3,(H,40,49)(H,41,47)(H,42,46)(H,43,48)/t30-,31-,32-,33-/m0/s1. The molecule has 1 aliphatic heterocycles. The van der Waals surface area contributed by atoms with Crippen molar-refractivity contribution in [3.63, 3.8) is 0 Å². The zero-order chi connectivity index (χ0) is 37.6. The molecule has 1 aromatic rings. The number of hydrogen-bond donors (Lipinski definition) is 6. The summed E-state index contributed by atoms with van der Waals surface area (Å²) in [6.45, 7) is 11.5. The summed E-state index contributed by atoms with van der Waals surface area (Å²) in [5.74, 6) is -0.477. The van der Waals surface area contributed by atoms with Crippen LogP contribution < -0.4 is 21.3 Å². The average Bonchev–Trinajstić information content (AvgIpc) is 3.05. The van der Waals surface area contributed by atoms with Crippen molar-refractivity contribution in [2.75, 3.05) is 13.1 Å². The first kappa shape index (κ1) is 42.0. The minimum absolute atomic E-state index is 0.107. The molecule has 2 fully saturated rings. The number of hydrogen-bond acceptors (Lipinski definition) is 7. The molecule has 1 aliphatic carbocycles. The van der Waals surface area contributed by atoms with E-state index in [1.807, 2.05) is 37.3 Å². The van der Waals surface area contributed by atoms with Crippen molar-refractivity contribution in [1.29, 1.82) is 0 Å². The summed E-state index contributed by atoms with van der Waals surface area (Å²) in [6, 6.07) is 6.50. The van der Waals surface area contributed by atoms with Gasteiger partial charge in [0.15, 0.2) is 0 Å². The Hall–Kier alpha value is -3.38. The lowest BCUT2D eigenvalue weighted by Crippen LogP contribution is -2.58. The number of likely N-dealkylation sites (tertiary alicyclic amines) is 1. The predicted octanol–water partition coefficient (Wildman–Crippen LogP) is 4.95. The van der Waals surface area contributed by atoms with E-state index < -0.39 is 53.5 Å². The van der Waals surface area contributed by atoms with Gasteiger partial charge < -0.3 is 41.1 Å². The lowest BCUT2D eigenvalue weighted by Gasteiger charge is -2.34. The van der Waals surface area contributed by atoms with Crippen molar-refractivity contribution in [2.24, 2.45) is 5.92 Å². The van der Waals surface area contributed by atoms with Crippen molar-refractivity contribution in [1.82, 2.24) is 26.2 Å². The fourth-order valence-electron chi connectivity index (χ4n) is 6.98. The summed E-state index contributed by atoms with van der Waals surface area (Å²) >= 11 is 0. The van der Waals surface area contributed by atoms with E-state index in [1.165, 1.54) is 6.42 Å². The lowest BCUT2D eigenvalue weighted by atomic mass is 9.82. The maximum atomic E-state index is 14.0. The van der Waals surface area contributed by atoms with Crippen LogP contribution in [0.3, 0.4) is 0 Å². The van der Waals surface area contributed by atoms with Gasteiger partial charge in [-0.15, -0.1) is 0 Å². The molecule has 1 aromatic carbocycles. The molecular formula is C39H65N5O7. The molecule has 0 aromatic heterocycles. The molecule has 12 nitrogen and oxygen atoms in total. The van der Waals surface area contributed by atoms with Gasteiger partial charge in [0.1, 0.15) is 17.7 Å². The minimum Gasteiger partial charge on any atom is -0.444 e. The molecule has 0 radical (unpaired) electrons.